The topological polar surface area (TPSA) is 101 Å². The van der Waals surface area contributed by atoms with Gasteiger partial charge in [-0.25, -0.2) is 9.59 Å². The highest BCUT2D eigenvalue weighted by Crippen LogP contribution is 2.17. The van der Waals surface area contributed by atoms with Gasteiger partial charge in [-0.3, -0.25) is 4.79 Å². The number of benzene rings is 1. The molecular weight excluding hydrogens is 300 g/mol. The van der Waals surface area contributed by atoms with Crippen molar-refractivity contribution >= 4 is 17.9 Å². The summed E-state index contributed by atoms with van der Waals surface area (Å²) >= 11 is 0. The van der Waals surface area contributed by atoms with Crippen molar-refractivity contribution in [3.63, 3.8) is 0 Å². The highest BCUT2D eigenvalue weighted by molar-refractivity contribution is 6.02. The van der Waals surface area contributed by atoms with Gasteiger partial charge in [-0.15, -0.1) is 0 Å². The Balaban J connectivity index is 2.78. The fourth-order valence-corrected chi connectivity index (χ4v) is 2.23. The predicted molar refractivity (Wildman–Crippen MR) is 83.6 cm³/mol. The fourth-order valence-electron chi connectivity index (χ4n) is 2.23. The summed E-state index contributed by atoms with van der Waals surface area (Å²) in [5.41, 5.74) is -0.140. The lowest BCUT2D eigenvalue weighted by molar-refractivity contribution is -0.137. The summed E-state index contributed by atoms with van der Waals surface area (Å²) < 4.78 is 5.36. The van der Waals surface area contributed by atoms with Crippen LogP contribution in [-0.4, -0.2) is 34.2 Å². The van der Waals surface area contributed by atoms with E-state index in [4.69, 9.17) is 14.9 Å². The molecule has 1 atom stereocenters. The molecule has 0 fully saturated rings. The number of hydrogen-bond acceptors (Lipinski definition) is 4. The van der Waals surface area contributed by atoms with E-state index in [0.717, 1.165) is 19.3 Å². The summed E-state index contributed by atoms with van der Waals surface area (Å²) in [6.07, 6.45) is 2.97. The second-order valence-corrected chi connectivity index (χ2v) is 5.31. The quantitative estimate of drug-likeness (QED) is 0.506. The van der Waals surface area contributed by atoms with Crippen LogP contribution in [0.25, 0.3) is 0 Å². The van der Waals surface area contributed by atoms with Gasteiger partial charge in [0.1, 0.15) is 6.10 Å². The van der Waals surface area contributed by atoms with E-state index in [1.165, 1.54) is 18.2 Å². The van der Waals surface area contributed by atoms with Gasteiger partial charge in [-0.1, -0.05) is 31.9 Å². The Morgan fingerprint density at radius 3 is 2.26 bits per heavy atom. The first kappa shape index (κ1) is 18.7. The molecule has 0 saturated heterocycles. The van der Waals surface area contributed by atoms with Crippen molar-refractivity contribution in [1.29, 1.82) is 0 Å². The fraction of sp³-hybridized carbons (Fsp3) is 0.471. The van der Waals surface area contributed by atoms with Gasteiger partial charge in [0.2, 0.25) is 0 Å². The van der Waals surface area contributed by atoms with Crippen LogP contribution >= 0.6 is 0 Å². The molecule has 0 aliphatic heterocycles. The maximum atomic E-state index is 12.2. The molecule has 6 nitrogen and oxygen atoms in total. The molecule has 0 bridgehead atoms. The smallest absolute Gasteiger partial charge is 0.339 e. The first-order valence-corrected chi connectivity index (χ1v) is 7.70. The molecule has 1 rings (SSSR count). The number of aromatic carboxylic acids is 1. The standard InChI is InChI=1S/C17H22O6/c1-2-3-4-7-12(10-11-15(18)19)23-17(22)14-9-6-5-8-13(14)16(20)21/h5-6,8-9,12H,2-4,7,10-11H2,1H3,(H,18,19)(H,20,21). The second kappa shape index (κ2) is 9.61. The van der Waals surface area contributed by atoms with Crippen molar-refractivity contribution < 1.29 is 29.3 Å². The molecule has 0 saturated carbocycles. The van der Waals surface area contributed by atoms with E-state index in [1.807, 2.05) is 6.92 Å². The summed E-state index contributed by atoms with van der Waals surface area (Å²) in [5.74, 6) is -2.88. The van der Waals surface area contributed by atoms with Crippen LogP contribution in [0.15, 0.2) is 24.3 Å². The molecule has 1 unspecified atom stereocenters. The van der Waals surface area contributed by atoms with E-state index >= 15 is 0 Å². The van der Waals surface area contributed by atoms with Crippen molar-refractivity contribution in [2.75, 3.05) is 0 Å². The minimum atomic E-state index is -1.20. The second-order valence-electron chi connectivity index (χ2n) is 5.31. The highest BCUT2D eigenvalue weighted by atomic mass is 16.5. The maximum Gasteiger partial charge on any atom is 0.339 e. The predicted octanol–water partition coefficient (Wildman–Crippen LogP) is 3.36. The largest absolute Gasteiger partial charge is 0.481 e. The number of aliphatic carboxylic acids is 1. The number of rotatable bonds is 10. The van der Waals surface area contributed by atoms with Crippen molar-refractivity contribution in [3.8, 4) is 0 Å². The molecule has 0 spiro atoms. The zero-order valence-corrected chi connectivity index (χ0v) is 13.2. The molecule has 23 heavy (non-hydrogen) atoms. The van der Waals surface area contributed by atoms with Crippen molar-refractivity contribution in [2.45, 2.75) is 51.6 Å². The molecule has 0 aliphatic carbocycles. The van der Waals surface area contributed by atoms with Crippen LogP contribution < -0.4 is 0 Å². The van der Waals surface area contributed by atoms with Gasteiger partial charge in [-0.05, 0) is 31.4 Å². The average Bonchev–Trinajstić information content (AvgIpc) is 2.52. The number of esters is 1. The molecule has 0 aliphatic rings. The van der Waals surface area contributed by atoms with Crippen LogP contribution in [-0.2, 0) is 9.53 Å². The van der Waals surface area contributed by atoms with Crippen LogP contribution in [0, 0.1) is 0 Å². The van der Waals surface area contributed by atoms with Gasteiger partial charge >= 0.3 is 17.9 Å². The molecular formula is C17H22O6. The summed E-state index contributed by atoms with van der Waals surface area (Å²) in [6.45, 7) is 2.04. The molecule has 1 aromatic rings. The lowest BCUT2D eigenvalue weighted by Crippen LogP contribution is -2.21. The zero-order chi connectivity index (χ0) is 17.2. The van der Waals surface area contributed by atoms with Gasteiger partial charge in [0.05, 0.1) is 11.1 Å². The van der Waals surface area contributed by atoms with Gasteiger partial charge in [0.15, 0.2) is 0 Å². The monoisotopic (exact) mass is 322 g/mol. The van der Waals surface area contributed by atoms with E-state index in [2.05, 4.69) is 0 Å². The normalized spacial score (nSPS) is 11.7. The molecule has 0 amide bonds. The molecule has 0 aromatic heterocycles. The Labute approximate surface area is 135 Å². The van der Waals surface area contributed by atoms with E-state index in [-0.39, 0.29) is 24.0 Å². The third kappa shape index (κ3) is 6.50. The van der Waals surface area contributed by atoms with Crippen LogP contribution in [0.2, 0.25) is 0 Å². The maximum absolute atomic E-state index is 12.2. The molecule has 0 heterocycles. The Bertz CT molecular complexity index is 552. The number of unbranched alkanes of at least 4 members (excludes halogenated alkanes) is 2. The van der Waals surface area contributed by atoms with Gasteiger partial charge in [0.25, 0.3) is 0 Å². The van der Waals surface area contributed by atoms with Crippen LogP contribution in [0.3, 0.4) is 0 Å². The van der Waals surface area contributed by atoms with Crippen molar-refractivity contribution in [3.05, 3.63) is 35.4 Å². The number of ether oxygens (including phenoxy) is 1. The van der Waals surface area contributed by atoms with Gasteiger partial charge in [0, 0.05) is 6.42 Å². The van der Waals surface area contributed by atoms with E-state index in [1.54, 1.807) is 6.07 Å². The molecule has 0 radical (unpaired) electrons. The highest BCUT2D eigenvalue weighted by Gasteiger charge is 2.21. The molecule has 2 N–H and O–H groups in total. The van der Waals surface area contributed by atoms with E-state index in [0.29, 0.717) is 6.42 Å². The summed E-state index contributed by atoms with van der Waals surface area (Å²) in [5, 5.41) is 17.9. The van der Waals surface area contributed by atoms with Crippen molar-refractivity contribution in [2.24, 2.45) is 0 Å². The zero-order valence-electron chi connectivity index (χ0n) is 13.2. The lowest BCUT2D eigenvalue weighted by Gasteiger charge is -2.17. The average molecular weight is 322 g/mol. The Kier molecular flexibility index (Phi) is 7.80. The van der Waals surface area contributed by atoms with Gasteiger partial charge < -0.3 is 14.9 Å². The Morgan fingerprint density at radius 1 is 1.04 bits per heavy atom. The molecule has 126 valence electrons. The SMILES string of the molecule is CCCCCC(CCC(=O)O)OC(=O)c1ccccc1C(=O)O. The van der Waals surface area contributed by atoms with Crippen LogP contribution in [0.1, 0.15) is 66.2 Å². The summed E-state index contributed by atoms with van der Waals surface area (Å²) in [7, 11) is 0. The molecule has 1 aromatic carbocycles. The summed E-state index contributed by atoms with van der Waals surface area (Å²) in [4.78, 5) is 34.1. The minimum Gasteiger partial charge on any atom is -0.481 e. The third-order valence-corrected chi connectivity index (χ3v) is 3.46. The number of carboxylic acids is 2. The molecule has 6 heteroatoms. The van der Waals surface area contributed by atoms with E-state index < -0.39 is 24.0 Å². The van der Waals surface area contributed by atoms with Gasteiger partial charge in [-0.2, -0.15) is 0 Å². The lowest BCUT2D eigenvalue weighted by atomic mass is 10.1. The number of carbonyl (C=O) groups is 3. The van der Waals surface area contributed by atoms with Crippen molar-refractivity contribution in [1.82, 2.24) is 0 Å². The first-order valence-electron chi connectivity index (χ1n) is 7.70. The number of carboxylic acid groups (broad SMARTS) is 2. The Hall–Kier alpha value is -2.37. The first-order chi connectivity index (χ1) is 11.0. The third-order valence-electron chi connectivity index (χ3n) is 3.46. The van der Waals surface area contributed by atoms with Crippen LogP contribution in [0.5, 0.6) is 0 Å². The van der Waals surface area contributed by atoms with E-state index in [9.17, 15) is 14.4 Å². The summed E-state index contributed by atoms with van der Waals surface area (Å²) in [6, 6.07) is 5.82. The van der Waals surface area contributed by atoms with Crippen LogP contribution in [0.4, 0.5) is 0 Å². The number of hydrogen-bond donors (Lipinski definition) is 2. The number of carbonyl (C=O) groups excluding carboxylic acids is 1. The Morgan fingerprint density at radius 2 is 1.70 bits per heavy atom. The minimum absolute atomic E-state index is 0.0178.